The van der Waals surface area contributed by atoms with Crippen LogP contribution in [0.3, 0.4) is 0 Å². The van der Waals surface area contributed by atoms with Gasteiger partial charge in [-0.15, -0.1) is 0 Å². The zero-order chi connectivity index (χ0) is 15.4. The third-order valence-electron chi connectivity index (χ3n) is 3.24. The number of anilines is 1. The first kappa shape index (κ1) is 15.0. The van der Waals surface area contributed by atoms with Crippen LogP contribution in [-0.2, 0) is 9.59 Å². The highest BCUT2D eigenvalue weighted by Gasteiger charge is 2.27. The number of piperidine rings is 1. The number of carbonyl (C=O) groups excluding carboxylic acids is 3. The highest BCUT2D eigenvalue weighted by Crippen LogP contribution is 2.14. The monoisotopic (exact) mass is 290 g/mol. The Morgan fingerprint density at radius 2 is 2.00 bits per heavy atom. The molecule has 0 spiro atoms. The molecule has 2 unspecified atom stereocenters. The van der Waals surface area contributed by atoms with Crippen LogP contribution in [-0.4, -0.2) is 23.9 Å². The number of hydrogen-bond donors (Lipinski definition) is 4. The van der Waals surface area contributed by atoms with Crippen LogP contribution in [0.5, 0.6) is 0 Å². The number of nitrogens with one attached hydrogen (secondary N) is 3. The van der Waals surface area contributed by atoms with E-state index in [1.165, 1.54) is 0 Å². The van der Waals surface area contributed by atoms with Crippen LogP contribution < -0.4 is 21.7 Å². The van der Waals surface area contributed by atoms with Crippen molar-refractivity contribution in [3.8, 4) is 0 Å². The standard InChI is InChI=1S/C14H18N4O3/c1-8(15)9-2-4-10(5-3-9)16-14(21)17-11-6-7-12(19)18-13(11)20/h2-5,8,11H,6-7,15H2,1H3,(H2,16,17,21)(H,18,19,20). The summed E-state index contributed by atoms with van der Waals surface area (Å²) in [5.41, 5.74) is 7.31. The predicted octanol–water partition coefficient (Wildman–Crippen LogP) is 0.633. The summed E-state index contributed by atoms with van der Waals surface area (Å²) < 4.78 is 0. The lowest BCUT2D eigenvalue weighted by Gasteiger charge is -2.22. The zero-order valence-corrected chi connectivity index (χ0v) is 11.7. The van der Waals surface area contributed by atoms with E-state index in [1.54, 1.807) is 12.1 Å². The molecule has 0 aromatic heterocycles. The Bertz CT molecular complexity index is 554. The number of nitrogens with two attached hydrogens (primary N) is 1. The number of hydrogen-bond acceptors (Lipinski definition) is 4. The van der Waals surface area contributed by atoms with Gasteiger partial charge in [-0.3, -0.25) is 14.9 Å². The summed E-state index contributed by atoms with van der Waals surface area (Å²) in [6.07, 6.45) is 0.529. The topological polar surface area (TPSA) is 113 Å². The van der Waals surface area contributed by atoms with E-state index >= 15 is 0 Å². The van der Waals surface area contributed by atoms with Gasteiger partial charge in [-0.2, -0.15) is 0 Å². The van der Waals surface area contributed by atoms with Gasteiger partial charge in [0, 0.05) is 18.2 Å². The molecule has 1 heterocycles. The van der Waals surface area contributed by atoms with Crippen LogP contribution in [0.4, 0.5) is 10.5 Å². The summed E-state index contributed by atoms with van der Waals surface area (Å²) in [5.74, 6) is -0.793. The fourth-order valence-electron chi connectivity index (χ4n) is 2.03. The van der Waals surface area contributed by atoms with Crippen LogP contribution in [0, 0.1) is 0 Å². The van der Waals surface area contributed by atoms with E-state index in [0.29, 0.717) is 12.1 Å². The summed E-state index contributed by atoms with van der Waals surface area (Å²) in [6, 6.07) is 5.88. The number of urea groups is 1. The predicted molar refractivity (Wildman–Crippen MR) is 77.4 cm³/mol. The first-order valence-corrected chi connectivity index (χ1v) is 6.72. The molecule has 0 radical (unpaired) electrons. The number of benzene rings is 1. The minimum absolute atomic E-state index is 0.0728. The summed E-state index contributed by atoms with van der Waals surface area (Å²) in [7, 11) is 0. The number of rotatable bonds is 3. The Labute approximate surface area is 122 Å². The van der Waals surface area contributed by atoms with Crippen LogP contribution in [0.1, 0.15) is 31.4 Å². The fourth-order valence-corrected chi connectivity index (χ4v) is 2.03. The summed E-state index contributed by atoms with van der Waals surface area (Å²) in [6.45, 7) is 1.87. The van der Waals surface area contributed by atoms with E-state index in [-0.39, 0.29) is 18.4 Å². The third kappa shape index (κ3) is 4.03. The second-order valence-electron chi connectivity index (χ2n) is 5.01. The van der Waals surface area contributed by atoms with Crippen molar-refractivity contribution in [2.24, 2.45) is 5.73 Å². The van der Waals surface area contributed by atoms with Crippen molar-refractivity contribution in [1.82, 2.24) is 10.6 Å². The maximum atomic E-state index is 11.8. The summed E-state index contributed by atoms with van der Waals surface area (Å²) in [5, 5.41) is 7.35. The van der Waals surface area contributed by atoms with E-state index in [1.807, 2.05) is 19.1 Å². The lowest BCUT2D eigenvalue weighted by atomic mass is 10.1. The average Bonchev–Trinajstić information content (AvgIpc) is 2.42. The van der Waals surface area contributed by atoms with Crippen LogP contribution >= 0.6 is 0 Å². The van der Waals surface area contributed by atoms with E-state index in [4.69, 9.17) is 5.73 Å². The summed E-state index contributed by atoms with van der Waals surface area (Å²) >= 11 is 0. The van der Waals surface area contributed by atoms with Gasteiger partial charge < -0.3 is 16.4 Å². The second-order valence-corrected chi connectivity index (χ2v) is 5.01. The van der Waals surface area contributed by atoms with E-state index in [2.05, 4.69) is 16.0 Å². The van der Waals surface area contributed by atoms with Gasteiger partial charge in [-0.1, -0.05) is 12.1 Å². The molecule has 0 saturated carbocycles. The molecule has 7 heteroatoms. The SMILES string of the molecule is CC(N)c1ccc(NC(=O)NC2CCC(=O)NC2=O)cc1. The van der Waals surface area contributed by atoms with Crippen molar-refractivity contribution >= 4 is 23.5 Å². The van der Waals surface area contributed by atoms with Gasteiger partial charge in [0.2, 0.25) is 11.8 Å². The van der Waals surface area contributed by atoms with Crippen LogP contribution in [0.15, 0.2) is 24.3 Å². The number of amides is 4. The Balaban J connectivity index is 1.89. The average molecular weight is 290 g/mol. The molecule has 112 valence electrons. The van der Waals surface area contributed by atoms with Crippen molar-refractivity contribution in [2.75, 3.05) is 5.32 Å². The van der Waals surface area contributed by atoms with Crippen LogP contribution in [0.2, 0.25) is 0 Å². The molecular formula is C14H18N4O3. The van der Waals surface area contributed by atoms with Gasteiger partial charge in [0.1, 0.15) is 6.04 Å². The van der Waals surface area contributed by atoms with Crippen molar-refractivity contribution in [3.05, 3.63) is 29.8 Å². The minimum atomic E-state index is -0.689. The molecule has 1 aromatic carbocycles. The van der Waals surface area contributed by atoms with Crippen molar-refractivity contribution in [2.45, 2.75) is 31.8 Å². The molecule has 1 fully saturated rings. The maximum absolute atomic E-state index is 11.8. The molecule has 1 aromatic rings. The Morgan fingerprint density at radius 3 is 2.57 bits per heavy atom. The molecule has 2 atom stereocenters. The second kappa shape index (κ2) is 6.36. The highest BCUT2D eigenvalue weighted by atomic mass is 16.2. The molecule has 7 nitrogen and oxygen atoms in total. The molecule has 1 saturated heterocycles. The molecule has 0 bridgehead atoms. The zero-order valence-electron chi connectivity index (χ0n) is 11.7. The Morgan fingerprint density at radius 1 is 1.33 bits per heavy atom. The van der Waals surface area contributed by atoms with E-state index in [0.717, 1.165) is 5.56 Å². The van der Waals surface area contributed by atoms with Gasteiger partial charge >= 0.3 is 6.03 Å². The molecular weight excluding hydrogens is 272 g/mol. The Kier molecular flexibility index (Phi) is 4.54. The lowest BCUT2D eigenvalue weighted by molar-refractivity contribution is -0.134. The molecule has 5 N–H and O–H groups in total. The highest BCUT2D eigenvalue weighted by molar-refractivity contribution is 6.02. The van der Waals surface area contributed by atoms with Crippen molar-refractivity contribution in [1.29, 1.82) is 0 Å². The summed E-state index contributed by atoms with van der Waals surface area (Å²) in [4.78, 5) is 34.4. The van der Waals surface area contributed by atoms with Crippen molar-refractivity contribution in [3.63, 3.8) is 0 Å². The first-order valence-electron chi connectivity index (χ1n) is 6.72. The first-order chi connectivity index (χ1) is 9.95. The van der Waals surface area contributed by atoms with E-state index < -0.39 is 18.0 Å². The Hall–Kier alpha value is -2.41. The molecule has 21 heavy (non-hydrogen) atoms. The molecule has 0 aliphatic carbocycles. The maximum Gasteiger partial charge on any atom is 0.319 e. The molecule has 1 aliphatic rings. The van der Waals surface area contributed by atoms with Crippen molar-refractivity contribution < 1.29 is 14.4 Å². The normalized spacial score (nSPS) is 19.6. The molecule has 4 amide bonds. The van der Waals surface area contributed by atoms with Gasteiger partial charge in [0.05, 0.1) is 0 Å². The van der Waals surface area contributed by atoms with Gasteiger partial charge in [-0.05, 0) is 31.0 Å². The number of carbonyl (C=O) groups is 3. The quantitative estimate of drug-likeness (QED) is 0.611. The van der Waals surface area contributed by atoms with E-state index in [9.17, 15) is 14.4 Å². The third-order valence-corrected chi connectivity index (χ3v) is 3.24. The number of imide groups is 1. The fraction of sp³-hybridized carbons (Fsp3) is 0.357. The molecule has 1 aliphatic heterocycles. The largest absolute Gasteiger partial charge is 0.326 e. The molecule has 2 rings (SSSR count). The van der Waals surface area contributed by atoms with Gasteiger partial charge in [0.15, 0.2) is 0 Å². The lowest BCUT2D eigenvalue weighted by Crippen LogP contribution is -2.53. The van der Waals surface area contributed by atoms with Crippen LogP contribution in [0.25, 0.3) is 0 Å². The van der Waals surface area contributed by atoms with Gasteiger partial charge in [0.25, 0.3) is 0 Å². The van der Waals surface area contributed by atoms with Gasteiger partial charge in [-0.25, -0.2) is 4.79 Å². The minimum Gasteiger partial charge on any atom is -0.326 e. The smallest absolute Gasteiger partial charge is 0.319 e.